The Morgan fingerprint density at radius 3 is 1.96 bits per heavy atom. The number of fused-ring (bicyclic) bond motifs is 4. The summed E-state index contributed by atoms with van der Waals surface area (Å²) < 4.78 is 1.88. The number of aromatic hydroxyl groups is 1. The van der Waals surface area contributed by atoms with E-state index in [1.807, 2.05) is 83.7 Å². The van der Waals surface area contributed by atoms with Crippen LogP contribution < -0.4 is 4.57 Å². The van der Waals surface area contributed by atoms with Gasteiger partial charge in [-0.15, -0.1) is 0 Å². The highest BCUT2D eigenvalue weighted by atomic mass is 16.3. The maximum atomic E-state index is 11.0. The molecule has 2 aromatic heterocycles. The Morgan fingerprint density at radius 1 is 0.640 bits per heavy atom. The van der Waals surface area contributed by atoms with Crippen LogP contribution in [0.5, 0.6) is 5.75 Å². The summed E-state index contributed by atoms with van der Waals surface area (Å²) in [5.41, 5.74) is 3.77. The molecule has 4 nitrogen and oxygen atoms in total. The van der Waals surface area contributed by atoms with E-state index in [1.54, 1.807) is 0 Å². The molecule has 5 rings (SSSR count). The molecule has 1 N–H and O–H groups in total. The lowest BCUT2D eigenvalue weighted by Gasteiger charge is -2.09. The van der Waals surface area contributed by atoms with Crippen molar-refractivity contribution < 1.29 is 9.67 Å². The largest absolute Gasteiger partial charge is 0.502 e. The highest BCUT2D eigenvalue weighted by molar-refractivity contribution is 6.12. The maximum Gasteiger partial charge on any atom is 0.281 e. The van der Waals surface area contributed by atoms with Crippen molar-refractivity contribution in [2.75, 3.05) is 0 Å². The van der Waals surface area contributed by atoms with Gasteiger partial charge in [0.2, 0.25) is 0 Å². The van der Waals surface area contributed by atoms with Gasteiger partial charge in [0.05, 0.1) is 11.0 Å². The Hall–Kier alpha value is -3.53. The number of para-hydroxylation sites is 2. The fourth-order valence-corrected chi connectivity index (χ4v) is 3.28. The van der Waals surface area contributed by atoms with Gasteiger partial charge in [-0.25, -0.2) is 9.97 Å². The first-order valence-electron chi connectivity index (χ1n) is 8.10. The molecule has 25 heavy (non-hydrogen) atoms. The molecule has 0 amide bonds. The third-order valence-corrected chi connectivity index (χ3v) is 4.43. The summed E-state index contributed by atoms with van der Waals surface area (Å²) in [5.74, 6) is 0.212. The first-order valence-corrected chi connectivity index (χ1v) is 8.10. The first-order chi connectivity index (χ1) is 12.3. The number of nitrogens with zero attached hydrogens (tertiary/aromatic N) is 3. The van der Waals surface area contributed by atoms with Gasteiger partial charge in [0.1, 0.15) is 5.52 Å². The van der Waals surface area contributed by atoms with Gasteiger partial charge in [0.15, 0.2) is 23.7 Å². The van der Waals surface area contributed by atoms with Crippen LogP contribution in [0.3, 0.4) is 0 Å². The number of hydrogen-bond acceptors (Lipinski definition) is 3. The van der Waals surface area contributed by atoms with Crippen LogP contribution in [0.4, 0.5) is 0 Å². The third kappa shape index (κ3) is 2.04. The second-order valence-corrected chi connectivity index (χ2v) is 5.94. The molecule has 0 aliphatic rings. The van der Waals surface area contributed by atoms with E-state index in [4.69, 9.17) is 9.97 Å². The van der Waals surface area contributed by atoms with Crippen LogP contribution in [0.25, 0.3) is 38.5 Å². The summed E-state index contributed by atoms with van der Waals surface area (Å²) in [6.45, 7) is 0. The summed E-state index contributed by atoms with van der Waals surface area (Å²) in [4.78, 5) is 9.67. The molecule has 2 heterocycles. The topological polar surface area (TPSA) is 49.9 Å². The van der Waals surface area contributed by atoms with E-state index in [1.165, 1.54) is 0 Å². The van der Waals surface area contributed by atoms with Crippen molar-refractivity contribution in [1.29, 1.82) is 0 Å². The van der Waals surface area contributed by atoms with Crippen LogP contribution in [0.15, 0.2) is 79.1 Å². The molecule has 0 unspecified atom stereocenters. The fraction of sp³-hybridized carbons (Fsp3) is 0. The highest BCUT2D eigenvalue weighted by Gasteiger charge is 2.23. The number of phenols is 1. The summed E-state index contributed by atoms with van der Waals surface area (Å²) in [5, 5.41) is 12.7. The van der Waals surface area contributed by atoms with E-state index in [2.05, 4.69) is 0 Å². The number of aromatic nitrogens is 3. The molecule has 0 saturated carbocycles. The summed E-state index contributed by atoms with van der Waals surface area (Å²) in [6.07, 6.45) is 3.81. The molecule has 0 spiro atoms. The fourth-order valence-electron chi connectivity index (χ4n) is 3.28. The van der Waals surface area contributed by atoms with Crippen molar-refractivity contribution in [3.63, 3.8) is 0 Å². The van der Waals surface area contributed by atoms with E-state index in [0.717, 1.165) is 27.3 Å². The van der Waals surface area contributed by atoms with Crippen molar-refractivity contribution in [3.05, 3.63) is 79.1 Å². The zero-order valence-corrected chi connectivity index (χ0v) is 13.3. The summed E-state index contributed by atoms with van der Waals surface area (Å²) >= 11 is 0. The molecule has 0 atom stereocenters. The molecule has 0 fully saturated rings. The minimum absolute atomic E-state index is 0.212. The van der Waals surface area contributed by atoms with Gasteiger partial charge < -0.3 is 5.11 Å². The van der Waals surface area contributed by atoms with Crippen LogP contribution in [0, 0.1) is 0 Å². The molecule has 3 aromatic carbocycles. The smallest absolute Gasteiger partial charge is 0.281 e. The second-order valence-electron chi connectivity index (χ2n) is 5.94. The number of rotatable bonds is 1. The monoisotopic (exact) mass is 324 g/mol. The van der Waals surface area contributed by atoms with E-state index >= 15 is 0 Å². The van der Waals surface area contributed by atoms with Crippen molar-refractivity contribution in [3.8, 4) is 11.4 Å². The zero-order valence-electron chi connectivity index (χ0n) is 13.3. The van der Waals surface area contributed by atoms with Gasteiger partial charge >= 0.3 is 0 Å². The van der Waals surface area contributed by atoms with Crippen molar-refractivity contribution in [2.24, 2.45) is 0 Å². The lowest BCUT2D eigenvalue weighted by atomic mass is 10.0. The average molecular weight is 324 g/mol. The summed E-state index contributed by atoms with van der Waals surface area (Å²) in [7, 11) is 0. The van der Waals surface area contributed by atoms with E-state index in [9.17, 15) is 5.11 Å². The Labute approximate surface area is 143 Å². The normalized spacial score (nSPS) is 11.4. The quantitative estimate of drug-likeness (QED) is 0.289. The minimum Gasteiger partial charge on any atom is -0.502 e. The molecule has 4 heteroatoms. The Balaban J connectivity index is 2.06. The minimum atomic E-state index is 0.212. The van der Waals surface area contributed by atoms with Gasteiger partial charge in [-0.05, 0) is 12.1 Å². The molecule has 5 aromatic rings. The molecule has 0 saturated heterocycles. The average Bonchev–Trinajstić information content (AvgIpc) is 2.68. The van der Waals surface area contributed by atoms with Gasteiger partial charge in [-0.3, -0.25) is 0 Å². The Morgan fingerprint density at radius 2 is 1.24 bits per heavy atom. The van der Waals surface area contributed by atoms with Crippen LogP contribution in [-0.2, 0) is 0 Å². The summed E-state index contributed by atoms with van der Waals surface area (Å²) in [6, 6.07) is 21.3. The highest BCUT2D eigenvalue weighted by Crippen LogP contribution is 2.36. The molecule has 0 aliphatic carbocycles. The van der Waals surface area contributed by atoms with Crippen molar-refractivity contribution >= 4 is 32.8 Å². The van der Waals surface area contributed by atoms with E-state index in [-0.39, 0.29) is 5.75 Å². The predicted octanol–water partition coefficient (Wildman–Crippen LogP) is 3.92. The van der Waals surface area contributed by atoms with E-state index in [0.29, 0.717) is 11.2 Å². The van der Waals surface area contributed by atoms with Crippen molar-refractivity contribution in [2.45, 2.75) is 0 Å². The Bertz CT molecular complexity index is 1250. The van der Waals surface area contributed by atoms with Gasteiger partial charge in [0.25, 0.3) is 5.69 Å². The number of benzene rings is 3. The van der Waals surface area contributed by atoms with Crippen LogP contribution in [0.2, 0.25) is 0 Å². The molecular weight excluding hydrogens is 310 g/mol. The van der Waals surface area contributed by atoms with Crippen LogP contribution in [-0.4, -0.2) is 15.1 Å². The number of hydrogen-bond donors (Lipinski definition) is 1. The van der Waals surface area contributed by atoms with Gasteiger partial charge in [-0.1, -0.05) is 42.5 Å². The SMILES string of the molecule is Oc1c(-[n+]2ccccc2)c2nc3ccccc3nc2c2ccccc12. The number of phenolic OH excluding ortho intramolecular Hbond substituents is 1. The maximum absolute atomic E-state index is 11.0. The lowest BCUT2D eigenvalue weighted by Crippen LogP contribution is -2.29. The molecular formula is C21H14N3O+. The van der Waals surface area contributed by atoms with Gasteiger partial charge in [-0.2, -0.15) is 4.57 Å². The van der Waals surface area contributed by atoms with Gasteiger partial charge in [0, 0.05) is 22.9 Å². The van der Waals surface area contributed by atoms with Crippen LogP contribution in [0.1, 0.15) is 0 Å². The standard InChI is InChI=1S/C21H13N3O/c25-21-15-9-3-2-8-14(15)18-19(20(21)24-12-6-1-7-13-24)23-17-11-5-4-10-16(17)22-18/h1-13H/p+1. The Kier molecular flexibility index (Phi) is 2.91. The molecule has 0 aliphatic heterocycles. The first kappa shape index (κ1) is 13.9. The van der Waals surface area contributed by atoms with Crippen molar-refractivity contribution in [1.82, 2.24) is 9.97 Å². The predicted molar refractivity (Wildman–Crippen MR) is 97.7 cm³/mol. The molecule has 118 valence electrons. The molecule has 0 bridgehead atoms. The van der Waals surface area contributed by atoms with E-state index < -0.39 is 0 Å². The molecule has 0 radical (unpaired) electrons. The lowest BCUT2D eigenvalue weighted by molar-refractivity contribution is -0.594. The number of pyridine rings is 1. The third-order valence-electron chi connectivity index (χ3n) is 4.43. The van der Waals surface area contributed by atoms with Crippen LogP contribution >= 0.6 is 0 Å². The zero-order chi connectivity index (χ0) is 16.8. The second kappa shape index (κ2) is 5.24.